The number of hydrogen-bond acceptors (Lipinski definition) is 24. The monoisotopic (exact) mass is 2290 g/mol. The van der Waals surface area contributed by atoms with E-state index in [1.807, 2.05) is 144 Å². The molecule has 0 radical (unpaired) electrons. The average molecular weight is 2290 g/mol. The summed E-state index contributed by atoms with van der Waals surface area (Å²) in [4.78, 5) is 24.6. The van der Waals surface area contributed by atoms with Crippen LogP contribution in [0.2, 0.25) is 0 Å². The molecule has 0 N–H and O–H groups in total. The molecule has 0 bridgehead atoms. The second kappa shape index (κ2) is 39.2. The SMILES string of the molecule is CC1(C2(C)c3ccc(S)cc3Oc3cc(S)ccc32)c2ccc(S)cc2Oc2cc(S)ccc21.CC1(C2(C)c3ccc(S)cc3Sc3cc(S)ccc32)c2ccc(S)cc2Sc2cc(S)ccc21.CC1(c2ccc(C3(C)c4ccc(S)cc4Oc4cc(S)ccc43)cc2)c2ccc(S)cc2Oc2cc(S)ccc21.CC1(c2ccc(C3(C)c4ccc(S)cc4Sc4cc(S)ccc43)cc2)c2ccc(S)cc2Sc2cc(S)ccc21. The van der Waals surface area contributed by atoms with Gasteiger partial charge in [0.05, 0.1) is 0 Å². The quantitative estimate of drug-likeness (QED) is 0.0752. The normalized spacial score (nSPS) is 16.1. The maximum atomic E-state index is 6.43. The minimum atomic E-state index is -0.512. The average Bonchev–Trinajstić information content (AvgIpc) is 0.682. The number of fused-ring (bicyclic) bond motifs is 16. The first-order chi connectivity index (χ1) is 70.8. The van der Waals surface area contributed by atoms with Crippen molar-refractivity contribution in [2.45, 2.75) is 216 Å². The Hall–Kier alpha value is -7.84. The third-order valence-corrected chi connectivity index (χ3v) is 40.8. The zero-order valence-electron chi connectivity index (χ0n) is 80.8. The molecule has 0 saturated carbocycles. The van der Waals surface area contributed by atoms with Gasteiger partial charge in [-0.2, -0.15) is 0 Å². The zero-order valence-corrected chi connectivity index (χ0v) is 98.3. The van der Waals surface area contributed by atoms with E-state index in [0.29, 0.717) is 0 Å². The lowest BCUT2D eigenvalue weighted by molar-refractivity contribution is 0.284. The van der Waals surface area contributed by atoms with Crippen LogP contribution in [-0.2, 0) is 43.3 Å². The third-order valence-electron chi connectivity index (χ3n) is 31.9. The standard InChI is InChI=1S/C34H26O2S4.C34H26S6.C28H22O2S4.C28H22S6/c1-33(25-11-7-21(37)15-29(25)35-30-16-22(38)8-12-26(30)33)19-3-5-20(6-4-19)34(2)27-13-9-23(39)17-31(27)36-32-18-24(40)10-14-28(32)34;1-33(25-11-7-21(35)15-29(25)39-30-16-22(36)8-12-26(30)33)19-3-5-20(6-4-19)34(2)27-13-9-23(37)17-31(27)40-32-18-24(38)10-14-28(32)34;1-27(19-7-3-15(31)11-23(19)29-24-12-16(32)4-8-20(24)27)28(2)21-9-5-17(33)13-25(21)30-26-14-18(34)6-10-22(26)28;1-27(19-7-3-15(29)11-23(19)33-24-12-16(30)4-8-20(24)27)28(2)21-9-5-17(31)13-25(21)34-26-14-18(32)6-10-22(26)28/h3-18,37-40H,1-2H3;3-18,35-38H,1-2H3;3-14,31-34H,1-2H3;3-14,29-32H,1-2H3. The van der Waals surface area contributed by atoms with E-state index in [1.54, 1.807) is 0 Å². The number of hydrogen-bond donors (Lipinski definition) is 16. The van der Waals surface area contributed by atoms with Crippen molar-refractivity contribution in [2.75, 3.05) is 0 Å². The van der Waals surface area contributed by atoms with E-state index in [0.717, 1.165) is 169 Å². The Morgan fingerprint density at radius 2 is 0.250 bits per heavy atom. The first-order valence-electron chi connectivity index (χ1n) is 47.8. The third kappa shape index (κ3) is 17.1. The van der Waals surface area contributed by atoms with E-state index >= 15 is 0 Å². The zero-order chi connectivity index (χ0) is 103. The number of ether oxygens (including phenoxy) is 4. The molecular weight excluding hydrogens is 2190 g/mol. The number of rotatable bonds is 6. The maximum absolute atomic E-state index is 6.43. The molecule has 148 heavy (non-hydrogen) atoms. The van der Waals surface area contributed by atoms with E-state index < -0.39 is 21.7 Å². The van der Waals surface area contributed by atoms with Crippen molar-refractivity contribution in [2.24, 2.45) is 0 Å². The van der Waals surface area contributed by atoms with Gasteiger partial charge in [-0.05, 0) is 302 Å². The lowest BCUT2D eigenvalue weighted by atomic mass is 9.52. The molecule has 0 spiro atoms. The van der Waals surface area contributed by atoms with Gasteiger partial charge in [-0.3, -0.25) is 0 Å². The molecule has 8 heterocycles. The molecule has 24 heteroatoms. The van der Waals surface area contributed by atoms with Gasteiger partial charge in [0.15, 0.2) is 0 Å². The second-order valence-corrected chi connectivity index (χ2v) is 52.5. The summed E-state index contributed by atoms with van der Waals surface area (Å²) in [6.07, 6.45) is 0. The number of thiol groups is 16. The molecule has 0 amide bonds. The van der Waals surface area contributed by atoms with Crippen LogP contribution < -0.4 is 18.9 Å². The molecule has 18 aromatic carbocycles. The molecule has 0 fully saturated rings. The fourth-order valence-electron chi connectivity index (χ4n) is 23.9. The predicted molar refractivity (Wildman–Crippen MR) is 657 cm³/mol. The van der Waals surface area contributed by atoms with Gasteiger partial charge in [0.1, 0.15) is 46.0 Å². The van der Waals surface area contributed by atoms with Gasteiger partial charge in [0, 0.05) is 205 Å². The molecule has 0 atom stereocenters. The summed E-state index contributed by atoms with van der Waals surface area (Å²) in [5.41, 5.74) is 21.0. The van der Waals surface area contributed by atoms with Crippen LogP contribution in [0.5, 0.6) is 46.0 Å². The Morgan fingerprint density at radius 1 is 0.135 bits per heavy atom. The van der Waals surface area contributed by atoms with Gasteiger partial charge < -0.3 is 18.9 Å². The second-order valence-electron chi connectivity index (χ2n) is 39.9. The lowest BCUT2D eigenvalue weighted by Crippen LogP contribution is -2.49. The molecule has 8 aliphatic heterocycles. The first kappa shape index (κ1) is 103. The van der Waals surface area contributed by atoms with Crippen LogP contribution in [0.15, 0.2) is 457 Å². The van der Waals surface area contributed by atoms with Crippen LogP contribution in [0.3, 0.4) is 0 Å². The largest absolute Gasteiger partial charge is 0.457 e. The van der Waals surface area contributed by atoms with E-state index in [1.165, 1.54) is 106 Å². The topological polar surface area (TPSA) is 36.9 Å². The van der Waals surface area contributed by atoms with Gasteiger partial charge in [-0.15, -0.1) is 202 Å². The smallest absolute Gasteiger partial charge is 0.132 e. The summed E-state index contributed by atoms with van der Waals surface area (Å²) < 4.78 is 25.6. The van der Waals surface area contributed by atoms with Crippen molar-refractivity contribution in [3.05, 3.63) is 451 Å². The van der Waals surface area contributed by atoms with Gasteiger partial charge in [-0.1, -0.05) is 206 Å². The van der Waals surface area contributed by atoms with Crippen LogP contribution in [0, 0.1) is 0 Å². The Kier molecular flexibility index (Phi) is 27.4. The van der Waals surface area contributed by atoms with Crippen molar-refractivity contribution >= 4 is 249 Å². The van der Waals surface area contributed by atoms with Crippen LogP contribution in [0.1, 0.15) is 167 Å². The van der Waals surface area contributed by atoms with Gasteiger partial charge in [0.2, 0.25) is 0 Å². The Labute approximate surface area is 970 Å². The maximum Gasteiger partial charge on any atom is 0.132 e. The van der Waals surface area contributed by atoms with E-state index in [2.05, 4.69) is 500 Å². The lowest BCUT2D eigenvalue weighted by Gasteiger charge is -2.53. The highest BCUT2D eigenvalue weighted by atomic mass is 32.2. The molecule has 26 rings (SSSR count). The highest BCUT2D eigenvalue weighted by Crippen LogP contribution is 2.69. The van der Waals surface area contributed by atoms with Crippen molar-refractivity contribution < 1.29 is 18.9 Å². The fourth-order valence-corrected chi connectivity index (χ4v) is 33.3. The molecule has 0 saturated heterocycles. The van der Waals surface area contributed by atoms with Crippen LogP contribution in [-0.4, -0.2) is 0 Å². The fraction of sp³-hybridized carbons (Fsp3) is 0.129. The highest BCUT2D eigenvalue weighted by molar-refractivity contribution is 8.00. The van der Waals surface area contributed by atoms with Crippen molar-refractivity contribution in [3.8, 4) is 46.0 Å². The van der Waals surface area contributed by atoms with Crippen molar-refractivity contribution in [1.29, 1.82) is 0 Å². The number of benzene rings is 18. The summed E-state index contributed by atoms with van der Waals surface area (Å²) in [5.74, 6) is 6.46. The van der Waals surface area contributed by atoms with Crippen molar-refractivity contribution in [3.63, 3.8) is 0 Å². The Bertz CT molecular complexity index is 7210. The molecule has 0 unspecified atom stereocenters. The molecule has 18 aromatic rings. The van der Waals surface area contributed by atoms with Gasteiger partial charge >= 0.3 is 0 Å². The highest BCUT2D eigenvalue weighted by Gasteiger charge is 2.59. The van der Waals surface area contributed by atoms with Gasteiger partial charge in [-0.25, -0.2) is 0 Å². The Balaban J connectivity index is 0.000000109. The van der Waals surface area contributed by atoms with Crippen LogP contribution >= 0.6 is 249 Å². The van der Waals surface area contributed by atoms with E-state index in [-0.39, 0.29) is 21.7 Å². The molecule has 0 aliphatic carbocycles. The van der Waals surface area contributed by atoms with Crippen LogP contribution in [0.4, 0.5) is 0 Å². The van der Waals surface area contributed by atoms with Crippen molar-refractivity contribution in [1.82, 2.24) is 0 Å². The minimum Gasteiger partial charge on any atom is -0.457 e. The van der Waals surface area contributed by atoms with Crippen LogP contribution in [0.25, 0.3) is 0 Å². The Morgan fingerprint density at radius 3 is 0.419 bits per heavy atom. The van der Waals surface area contributed by atoms with Gasteiger partial charge in [0.25, 0.3) is 0 Å². The summed E-state index contributed by atoms with van der Waals surface area (Å²) in [5, 5.41) is 0. The summed E-state index contributed by atoms with van der Waals surface area (Å²) in [6.45, 7) is 18.6. The summed E-state index contributed by atoms with van der Waals surface area (Å²) in [7, 11) is 0. The molecule has 4 nitrogen and oxygen atoms in total. The predicted octanol–water partition coefficient (Wildman–Crippen LogP) is 37.7. The first-order valence-corrected chi connectivity index (χ1v) is 58.2. The molecular formula is C124H96O4S20. The molecule has 736 valence electrons. The van der Waals surface area contributed by atoms with E-state index in [9.17, 15) is 0 Å². The molecule has 8 aliphatic rings. The molecule has 0 aromatic heterocycles. The van der Waals surface area contributed by atoms with E-state index in [4.69, 9.17) is 18.9 Å². The minimum absolute atomic E-state index is 0.307. The summed E-state index contributed by atoms with van der Waals surface area (Å²) >= 11 is 81.3. The summed E-state index contributed by atoms with van der Waals surface area (Å²) in [6, 6.07) is 120.